The smallest absolute Gasteiger partial charge is 0.123 e. The van der Waals surface area contributed by atoms with E-state index in [0.717, 1.165) is 35.8 Å². The predicted molar refractivity (Wildman–Crippen MR) is 137 cm³/mol. The number of ether oxygens (including phenoxy) is 4. The van der Waals surface area contributed by atoms with E-state index in [0.29, 0.717) is 19.6 Å². The average Bonchev–Trinajstić information content (AvgIpc) is 3.84. The summed E-state index contributed by atoms with van der Waals surface area (Å²) in [5.41, 5.74) is 6.96. The van der Waals surface area contributed by atoms with Crippen molar-refractivity contribution in [2.24, 2.45) is 0 Å². The summed E-state index contributed by atoms with van der Waals surface area (Å²) in [6.45, 7) is 2.67. The van der Waals surface area contributed by atoms with Crippen LogP contribution in [0.25, 0.3) is 22.3 Å². The van der Waals surface area contributed by atoms with Crippen LogP contribution >= 0.6 is 0 Å². The molecule has 2 heterocycles. The molecule has 2 unspecified atom stereocenters. The maximum atomic E-state index is 6.30. The van der Waals surface area contributed by atoms with E-state index in [9.17, 15) is 0 Å². The molecule has 4 heteroatoms. The van der Waals surface area contributed by atoms with E-state index >= 15 is 0 Å². The van der Waals surface area contributed by atoms with E-state index in [4.69, 9.17) is 18.9 Å². The van der Waals surface area contributed by atoms with Gasteiger partial charge in [0.2, 0.25) is 0 Å². The highest BCUT2D eigenvalue weighted by Gasteiger charge is 2.26. The van der Waals surface area contributed by atoms with Gasteiger partial charge in [-0.25, -0.2) is 0 Å². The first-order valence-corrected chi connectivity index (χ1v) is 12.2. The molecule has 35 heavy (non-hydrogen) atoms. The quantitative estimate of drug-likeness (QED) is 0.263. The maximum Gasteiger partial charge on any atom is 0.123 e. The van der Waals surface area contributed by atoms with Crippen LogP contribution in [-0.4, -0.2) is 38.6 Å². The SMILES string of the molecule is c1ccc(-c2cccc(OCC3CO3)c2Cc2c(OCC3CO3)cccc2-c2ccccc2)cc1. The Morgan fingerprint density at radius 2 is 0.971 bits per heavy atom. The molecule has 0 aromatic heterocycles. The van der Waals surface area contributed by atoms with Gasteiger partial charge in [0.15, 0.2) is 0 Å². The van der Waals surface area contributed by atoms with Crippen LogP contribution in [0.2, 0.25) is 0 Å². The van der Waals surface area contributed by atoms with Crippen LogP contribution in [-0.2, 0) is 15.9 Å². The molecular weight excluding hydrogens is 436 g/mol. The van der Waals surface area contributed by atoms with Gasteiger partial charge < -0.3 is 18.9 Å². The largest absolute Gasteiger partial charge is 0.490 e. The third-order valence-corrected chi connectivity index (χ3v) is 6.44. The van der Waals surface area contributed by atoms with Crippen molar-refractivity contribution in [3.63, 3.8) is 0 Å². The Morgan fingerprint density at radius 3 is 1.37 bits per heavy atom. The van der Waals surface area contributed by atoms with Crippen LogP contribution in [0.15, 0.2) is 97.1 Å². The van der Waals surface area contributed by atoms with E-state index in [-0.39, 0.29) is 12.2 Å². The average molecular weight is 465 g/mol. The Bertz CT molecular complexity index is 1180. The van der Waals surface area contributed by atoms with E-state index < -0.39 is 0 Å². The molecule has 2 atom stereocenters. The normalized spacial score (nSPS) is 18.2. The fraction of sp³-hybridized carbons (Fsp3) is 0.226. The summed E-state index contributed by atoms with van der Waals surface area (Å²) in [6, 6.07) is 33.6. The van der Waals surface area contributed by atoms with Gasteiger partial charge in [0.1, 0.15) is 36.9 Å². The number of hydrogen-bond acceptors (Lipinski definition) is 4. The van der Waals surface area contributed by atoms with Gasteiger partial charge in [-0.1, -0.05) is 84.9 Å². The summed E-state index contributed by atoms with van der Waals surface area (Å²) in [6.07, 6.45) is 1.06. The van der Waals surface area contributed by atoms with Gasteiger partial charge in [-0.3, -0.25) is 0 Å². The first kappa shape index (κ1) is 21.9. The van der Waals surface area contributed by atoms with E-state index in [1.807, 2.05) is 12.1 Å². The van der Waals surface area contributed by atoms with Crippen LogP contribution in [0.4, 0.5) is 0 Å². The van der Waals surface area contributed by atoms with Crippen molar-refractivity contribution >= 4 is 0 Å². The molecule has 0 spiro atoms. The van der Waals surface area contributed by atoms with Crippen molar-refractivity contribution in [3.05, 3.63) is 108 Å². The lowest BCUT2D eigenvalue weighted by atomic mass is 9.89. The highest BCUT2D eigenvalue weighted by Crippen LogP contribution is 2.39. The second kappa shape index (κ2) is 9.95. The lowest BCUT2D eigenvalue weighted by Gasteiger charge is -2.20. The molecule has 176 valence electrons. The summed E-state index contributed by atoms with van der Waals surface area (Å²) < 4.78 is 23.4. The molecule has 2 aliphatic rings. The standard InChI is InChI=1S/C31H28O4/c1-3-9-22(10-4-1)26-13-7-15-30(34-20-24-18-32-24)28(26)17-29-27(23-11-5-2-6-12-23)14-8-16-31(29)35-21-25-19-33-25/h1-16,24-25H,17-21H2. The van der Waals surface area contributed by atoms with Crippen LogP contribution in [0, 0.1) is 0 Å². The molecule has 4 aromatic carbocycles. The van der Waals surface area contributed by atoms with Gasteiger partial charge in [-0.15, -0.1) is 0 Å². The third-order valence-electron chi connectivity index (χ3n) is 6.44. The fourth-order valence-electron chi connectivity index (χ4n) is 4.41. The van der Waals surface area contributed by atoms with Gasteiger partial charge in [0.25, 0.3) is 0 Å². The molecule has 0 bridgehead atoms. The lowest BCUT2D eigenvalue weighted by Crippen LogP contribution is -2.09. The fourth-order valence-corrected chi connectivity index (χ4v) is 4.41. The van der Waals surface area contributed by atoms with Gasteiger partial charge >= 0.3 is 0 Å². The molecule has 4 aromatic rings. The van der Waals surface area contributed by atoms with Gasteiger partial charge in [0.05, 0.1) is 13.2 Å². The summed E-state index contributed by atoms with van der Waals surface area (Å²) in [7, 11) is 0. The van der Waals surface area contributed by atoms with E-state index in [2.05, 4.69) is 84.9 Å². The van der Waals surface area contributed by atoms with Gasteiger partial charge in [-0.2, -0.15) is 0 Å². The molecular formula is C31H28O4. The Labute approximate surface area is 206 Å². The molecule has 0 saturated carbocycles. The molecule has 2 saturated heterocycles. The minimum atomic E-state index is 0.192. The number of benzene rings is 4. The van der Waals surface area contributed by atoms with Crippen LogP contribution < -0.4 is 9.47 Å². The van der Waals surface area contributed by atoms with Crippen LogP contribution in [0.1, 0.15) is 11.1 Å². The number of hydrogen-bond donors (Lipinski definition) is 0. The molecule has 0 radical (unpaired) electrons. The summed E-state index contributed by atoms with van der Waals surface area (Å²) in [5, 5.41) is 0. The molecule has 6 rings (SSSR count). The molecule has 2 fully saturated rings. The van der Waals surface area contributed by atoms with E-state index in [1.165, 1.54) is 22.3 Å². The highest BCUT2D eigenvalue weighted by atomic mass is 16.6. The second-order valence-corrected chi connectivity index (χ2v) is 9.01. The molecule has 0 N–H and O–H groups in total. The maximum absolute atomic E-state index is 6.30. The van der Waals surface area contributed by atoms with Crippen molar-refractivity contribution in [2.75, 3.05) is 26.4 Å². The molecule has 2 aliphatic heterocycles. The summed E-state index contributed by atoms with van der Waals surface area (Å²) in [4.78, 5) is 0. The zero-order chi connectivity index (χ0) is 23.5. The van der Waals surface area contributed by atoms with Gasteiger partial charge in [-0.05, 0) is 34.4 Å². The highest BCUT2D eigenvalue weighted by molar-refractivity contribution is 5.75. The Morgan fingerprint density at radius 1 is 0.543 bits per heavy atom. The Hall–Kier alpha value is -3.60. The van der Waals surface area contributed by atoms with Crippen molar-refractivity contribution in [2.45, 2.75) is 18.6 Å². The van der Waals surface area contributed by atoms with Crippen LogP contribution in [0.5, 0.6) is 11.5 Å². The van der Waals surface area contributed by atoms with E-state index in [1.54, 1.807) is 0 Å². The first-order valence-electron chi connectivity index (χ1n) is 12.2. The summed E-state index contributed by atoms with van der Waals surface area (Å²) in [5.74, 6) is 1.78. The van der Waals surface area contributed by atoms with Crippen molar-refractivity contribution in [1.82, 2.24) is 0 Å². The number of rotatable bonds is 10. The Kier molecular flexibility index (Phi) is 6.22. The Balaban J connectivity index is 1.45. The minimum Gasteiger partial charge on any atom is -0.490 e. The molecule has 4 nitrogen and oxygen atoms in total. The predicted octanol–water partition coefficient (Wildman–Crippen LogP) is 6.17. The van der Waals surface area contributed by atoms with Crippen molar-refractivity contribution in [1.29, 1.82) is 0 Å². The molecule has 0 aliphatic carbocycles. The summed E-state index contributed by atoms with van der Waals surface area (Å²) >= 11 is 0. The minimum absolute atomic E-state index is 0.192. The number of epoxide rings is 2. The monoisotopic (exact) mass is 464 g/mol. The zero-order valence-electron chi connectivity index (χ0n) is 19.6. The third kappa shape index (κ3) is 5.24. The lowest BCUT2D eigenvalue weighted by molar-refractivity contribution is 0.259. The van der Waals surface area contributed by atoms with Gasteiger partial charge in [0, 0.05) is 17.5 Å². The second-order valence-electron chi connectivity index (χ2n) is 9.01. The van der Waals surface area contributed by atoms with Crippen LogP contribution in [0.3, 0.4) is 0 Å². The van der Waals surface area contributed by atoms with Crippen molar-refractivity contribution < 1.29 is 18.9 Å². The van der Waals surface area contributed by atoms with Crippen molar-refractivity contribution in [3.8, 4) is 33.8 Å². The molecule has 0 amide bonds. The zero-order valence-corrected chi connectivity index (χ0v) is 19.6. The first-order chi connectivity index (χ1) is 17.3. The topological polar surface area (TPSA) is 43.5 Å².